The fraction of sp³-hybridized carbons (Fsp3) is 0.739. The molecule has 0 saturated carbocycles. The average molecular weight is 376 g/mol. The predicted octanol–water partition coefficient (Wildman–Crippen LogP) is 5.63. The maximum Gasteiger partial charge on any atom is 0.261 e. The standard InChI is InChI=1S/C23H37NO3/c1-2-3-4-5-6-7-8-9-10-11-12-13-14-17-20(25)21-22(26)19-16-15-18-24(19)23(21)27/h10-11,19,26H,2-9,12-18H2,1H3/b11-10-/t19-/m0/s1. The van der Waals surface area contributed by atoms with E-state index in [1.165, 1.54) is 44.9 Å². The van der Waals surface area contributed by atoms with Crippen molar-refractivity contribution in [2.45, 2.75) is 103 Å². The number of nitrogens with zero attached hydrogens (tertiary/aromatic N) is 1. The summed E-state index contributed by atoms with van der Waals surface area (Å²) in [6, 6.07) is -0.231. The van der Waals surface area contributed by atoms with Gasteiger partial charge in [0.25, 0.3) is 5.91 Å². The number of amides is 1. The van der Waals surface area contributed by atoms with Crippen molar-refractivity contribution in [1.82, 2.24) is 4.90 Å². The first-order valence-corrected chi connectivity index (χ1v) is 11.1. The number of allylic oxidation sites excluding steroid dienone is 2. The number of unbranched alkanes of at least 4 members (excludes halogenated alkanes) is 9. The van der Waals surface area contributed by atoms with Crippen LogP contribution in [0.5, 0.6) is 0 Å². The maximum absolute atomic E-state index is 12.3. The molecule has 0 spiro atoms. The molecule has 4 nitrogen and oxygen atoms in total. The lowest BCUT2D eigenvalue weighted by Gasteiger charge is -2.14. The molecule has 1 saturated heterocycles. The minimum atomic E-state index is -0.255. The summed E-state index contributed by atoms with van der Waals surface area (Å²) in [4.78, 5) is 26.2. The number of hydrogen-bond acceptors (Lipinski definition) is 3. The zero-order valence-electron chi connectivity index (χ0n) is 17.0. The monoisotopic (exact) mass is 375 g/mol. The van der Waals surface area contributed by atoms with Crippen LogP contribution in [-0.4, -0.2) is 34.3 Å². The molecule has 1 N–H and O–H groups in total. The van der Waals surface area contributed by atoms with Crippen LogP contribution < -0.4 is 0 Å². The van der Waals surface area contributed by atoms with Crippen LogP contribution in [0, 0.1) is 0 Å². The van der Waals surface area contributed by atoms with Gasteiger partial charge in [-0.25, -0.2) is 0 Å². The van der Waals surface area contributed by atoms with Crippen molar-refractivity contribution in [2.24, 2.45) is 0 Å². The number of aliphatic hydroxyl groups excluding tert-OH is 1. The minimum Gasteiger partial charge on any atom is -0.509 e. The largest absolute Gasteiger partial charge is 0.509 e. The quantitative estimate of drug-likeness (QED) is 0.243. The van der Waals surface area contributed by atoms with Crippen molar-refractivity contribution in [3.8, 4) is 0 Å². The summed E-state index contributed by atoms with van der Waals surface area (Å²) in [7, 11) is 0. The highest BCUT2D eigenvalue weighted by atomic mass is 16.3. The van der Waals surface area contributed by atoms with Gasteiger partial charge in [0.2, 0.25) is 0 Å². The number of aliphatic hydroxyl groups is 1. The second-order valence-electron chi connectivity index (χ2n) is 7.97. The van der Waals surface area contributed by atoms with Gasteiger partial charge >= 0.3 is 0 Å². The van der Waals surface area contributed by atoms with E-state index in [1.54, 1.807) is 4.90 Å². The summed E-state index contributed by atoms with van der Waals surface area (Å²) in [5.41, 5.74) is 0.0641. The molecule has 152 valence electrons. The van der Waals surface area contributed by atoms with E-state index in [9.17, 15) is 14.7 Å². The van der Waals surface area contributed by atoms with Crippen LogP contribution >= 0.6 is 0 Å². The van der Waals surface area contributed by atoms with Gasteiger partial charge in [0.05, 0.1) is 6.04 Å². The molecular formula is C23H37NO3. The number of Topliss-reactive ketones (excluding diaryl/α,β-unsaturated/α-hetero) is 1. The highest BCUT2D eigenvalue weighted by Gasteiger charge is 2.44. The molecule has 0 aliphatic carbocycles. The van der Waals surface area contributed by atoms with Crippen molar-refractivity contribution in [1.29, 1.82) is 0 Å². The summed E-state index contributed by atoms with van der Waals surface area (Å²) in [6.07, 6.45) is 19.8. The van der Waals surface area contributed by atoms with Crippen molar-refractivity contribution >= 4 is 11.7 Å². The van der Waals surface area contributed by atoms with E-state index in [0.717, 1.165) is 38.5 Å². The first kappa shape index (κ1) is 21.7. The molecular weight excluding hydrogens is 338 g/mol. The van der Waals surface area contributed by atoms with Crippen molar-refractivity contribution in [2.75, 3.05) is 6.54 Å². The van der Waals surface area contributed by atoms with Gasteiger partial charge < -0.3 is 10.0 Å². The highest BCUT2D eigenvalue weighted by Crippen LogP contribution is 2.33. The summed E-state index contributed by atoms with van der Waals surface area (Å²) in [5, 5.41) is 10.2. The molecule has 0 unspecified atom stereocenters. The first-order valence-electron chi connectivity index (χ1n) is 11.1. The van der Waals surface area contributed by atoms with Gasteiger partial charge in [0.1, 0.15) is 11.3 Å². The van der Waals surface area contributed by atoms with Crippen LogP contribution in [0.25, 0.3) is 0 Å². The second kappa shape index (κ2) is 12.0. The normalized spacial score (nSPS) is 19.5. The average Bonchev–Trinajstić information content (AvgIpc) is 3.23. The third-order valence-corrected chi connectivity index (χ3v) is 5.74. The van der Waals surface area contributed by atoms with Gasteiger partial charge in [-0.05, 0) is 44.9 Å². The fourth-order valence-electron chi connectivity index (χ4n) is 4.10. The van der Waals surface area contributed by atoms with E-state index in [0.29, 0.717) is 13.0 Å². The van der Waals surface area contributed by atoms with Gasteiger partial charge in [-0.1, -0.05) is 57.6 Å². The predicted molar refractivity (Wildman–Crippen MR) is 110 cm³/mol. The number of carbonyl (C=O) groups excluding carboxylic acids is 2. The van der Waals surface area contributed by atoms with E-state index in [4.69, 9.17) is 0 Å². The molecule has 0 bridgehead atoms. The van der Waals surface area contributed by atoms with E-state index < -0.39 is 0 Å². The molecule has 0 radical (unpaired) electrons. The van der Waals surface area contributed by atoms with E-state index in [1.807, 2.05) is 0 Å². The third-order valence-electron chi connectivity index (χ3n) is 5.74. The van der Waals surface area contributed by atoms with Gasteiger partial charge in [0.15, 0.2) is 5.78 Å². The van der Waals surface area contributed by atoms with Crippen LogP contribution in [-0.2, 0) is 9.59 Å². The van der Waals surface area contributed by atoms with Crippen LogP contribution in [0.4, 0.5) is 0 Å². The molecule has 1 fully saturated rings. The van der Waals surface area contributed by atoms with E-state index >= 15 is 0 Å². The molecule has 4 heteroatoms. The Bertz CT molecular complexity index is 550. The Balaban J connectivity index is 1.51. The topological polar surface area (TPSA) is 57.6 Å². The van der Waals surface area contributed by atoms with E-state index in [2.05, 4.69) is 19.1 Å². The zero-order chi connectivity index (χ0) is 19.5. The van der Waals surface area contributed by atoms with Crippen LogP contribution in [0.15, 0.2) is 23.5 Å². The molecule has 2 rings (SSSR count). The molecule has 2 aliphatic rings. The highest BCUT2D eigenvalue weighted by molar-refractivity contribution is 6.21. The molecule has 1 atom stereocenters. The number of rotatable bonds is 14. The Morgan fingerprint density at radius 2 is 1.67 bits per heavy atom. The summed E-state index contributed by atoms with van der Waals surface area (Å²) >= 11 is 0. The molecule has 27 heavy (non-hydrogen) atoms. The Labute approximate surface area is 164 Å². The van der Waals surface area contributed by atoms with Crippen LogP contribution in [0.3, 0.4) is 0 Å². The van der Waals surface area contributed by atoms with Gasteiger partial charge in [-0.15, -0.1) is 0 Å². The number of hydrogen-bond donors (Lipinski definition) is 1. The van der Waals surface area contributed by atoms with Crippen molar-refractivity contribution < 1.29 is 14.7 Å². The number of fused-ring (bicyclic) bond motifs is 1. The van der Waals surface area contributed by atoms with Crippen LogP contribution in [0.2, 0.25) is 0 Å². The molecule has 0 aromatic carbocycles. The SMILES string of the molecule is CCCCCCCCC/C=C\CCCCC(=O)C1=C(O)[C@@H]2CCCN2C1=O. The van der Waals surface area contributed by atoms with E-state index in [-0.39, 0.29) is 29.1 Å². The van der Waals surface area contributed by atoms with Crippen molar-refractivity contribution in [3.63, 3.8) is 0 Å². The summed E-state index contributed by atoms with van der Waals surface area (Å²) in [6.45, 7) is 2.91. The lowest BCUT2D eigenvalue weighted by molar-refractivity contribution is -0.128. The summed E-state index contributed by atoms with van der Waals surface area (Å²) in [5.74, 6) is -0.411. The Morgan fingerprint density at radius 3 is 2.33 bits per heavy atom. The number of ketones is 1. The Morgan fingerprint density at radius 1 is 1.04 bits per heavy atom. The van der Waals surface area contributed by atoms with Gasteiger partial charge in [-0.3, -0.25) is 9.59 Å². The van der Waals surface area contributed by atoms with Crippen molar-refractivity contribution in [3.05, 3.63) is 23.5 Å². The smallest absolute Gasteiger partial charge is 0.261 e. The Kier molecular flexibility index (Phi) is 9.65. The molecule has 1 amide bonds. The zero-order valence-corrected chi connectivity index (χ0v) is 17.0. The molecule has 0 aromatic heterocycles. The van der Waals surface area contributed by atoms with Gasteiger partial charge in [0, 0.05) is 13.0 Å². The molecule has 2 heterocycles. The maximum atomic E-state index is 12.3. The fourth-order valence-corrected chi connectivity index (χ4v) is 4.10. The van der Waals surface area contributed by atoms with Crippen LogP contribution in [0.1, 0.15) is 96.8 Å². The third kappa shape index (κ3) is 6.51. The van der Waals surface area contributed by atoms with Gasteiger partial charge in [-0.2, -0.15) is 0 Å². The summed E-state index contributed by atoms with van der Waals surface area (Å²) < 4.78 is 0. The second-order valence-corrected chi connectivity index (χ2v) is 7.97. The lowest BCUT2D eigenvalue weighted by Crippen LogP contribution is -2.30. The minimum absolute atomic E-state index is 0.0251. The first-order chi connectivity index (χ1) is 13.2. The Hall–Kier alpha value is -1.58. The lowest BCUT2D eigenvalue weighted by atomic mass is 10.0. The molecule has 2 aliphatic heterocycles. The number of carbonyl (C=O) groups is 2. The molecule has 0 aromatic rings.